The summed E-state index contributed by atoms with van der Waals surface area (Å²) in [5.41, 5.74) is -0.292. The lowest BCUT2D eigenvalue weighted by Gasteiger charge is -2.29. The number of hydrogen-bond acceptors (Lipinski definition) is 2. The monoisotopic (exact) mass is 328 g/mol. The summed E-state index contributed by atoms with van der Waals surface area (Å²) >= 11 is 0. The standard InChI is InChI=1S/C15H28O2.C4H10.C2H6/c1-6-15(5,10-11(2)3)14(16)17-13-8-7-12(4)9-13;1-4(2)3;1-2/h11-13H,6-10H2,1-5H3;4H,1-3H3;1-2H3. The van der Waals surface area contributed by atoms with Crippen LogP contribution in [-0.2, 0) is 9.53 Å². The fourth-order valence-corrected chi connectivity index (χ4v) is 2.83. The van der Waals surface area contributed by atoms with Crippen LogP contribution in [0.5, 0.6) is 0 Å². The van der Waals surface area contributed by atoms with Gasteiger partial charge in [-0.2, -0.15) is 0 Å². The smallest absolute Gasteiger partial charge is 0.312 e. The highest BCUT2D eigenvalue weighted by Crippen LogP contribution is 2.34. The lowest BCUT2D eigenvalue weighted by atomic mass is 9.80. The zero-order valence-electron chi connectivity index (χ0n) is 17.7. The maximum Gasteiger partial charge on any atom is 0.312 e. The molecule has 2 heteroatoms. The van der Waals surface area contributed by atoms with Gasteiger partial charge in [0.25, 0.3) is 0 Å². The van der Waals surface area contributed by atoms with Crippen molar-refractivity contribution in [2.75, 3.05) is 0 Å². The van der Waals surface area contributed by atoms with Crippen LogP contribution < -0.4 is 0 Å². The van der Waals surface area contributed by atoms with Gasteiger partial charge in [0.05, 0.1) is 5.41 Å². The Morgan fingerprint density at radius 1 is 1.13 bits per heavy atom. The number of carbonyl (C=O) groups is 1. The Labute approximate surface area is 146 Å². The molecule has 0 spiro atoms. The predicted molar refractivity (Wildman–Crippen MR) is 103 cm³/mol. The third kappa shape index (κ3) is 11.6. The van der Waals surface area contributed by atoms with Crippen LogP contribution in [0.1, 0.15) is 101 Å². The molecule has 0 aromatic rings. The molecule has 140 valence electrons. The molecule has 0 aromatic carbocycles. The molecule has 1 aliphatic rings. The minimum Gasteiger partial charge on any atom is -0.462 e. The van der Waals surface area contributed by atoms with Crippen LogP contribution in [0.4, 0.5) is 0 Å². The highest BCUT2D eigenvalue weighted by atomic mass is 16.5. The average Bonchev–Trinajstić information content (AvgIpc) is 2.84. The fourth-order valence-electron chi connectivity index (χ4n) is 2.83. The molecule has 0 N–H and O–H groups in total. The van der Waals surface area contributed by atoms with E-state index in [2.05, 4.69) is 48.5 Å². The molecule has 3 atom stereocenters. The van der Waals surface area contributed by atoms with E-state index in [-0.39, 0.29) is 17.5 Å². The minimum absolute atomic E-state index is 0.0211. The Balaban J connectivity index is 0. The van der Waals surface area contributed by atoms with Crippen LogP contribution >= 0.6 is 0 Å². The van der Waals surface area contributed by atoms with Gasteiger partial charge in [-0.15, -0.1) is 0 Å². The summed E-state index contributed by atoms with van der Waals surface area (Å²) in [5.74, 6) is 2.11. The number of carbonyl (C=O) groups excluding carboxylic acids is 1. The van der Waals surface area contributed by atoms with Gasteiger partial charge in [0.2, 0.25) is 0 Å². The summed E-state index contributed by atoms with van der Waals surface area (Å²) in [6.07, 6.45) is 5.26. The molecule has 0 bridgehead atoms. The van der Waals surface area contributed by atoms with Gasteiger partial charge in [-0.25, -0.2) is 0 Å². The van der Waals surface area contributed by atoms with Gasteiger partial charge in [-0.3, -0.25) is 4.79 Å². The van der Waals surface area contributed by atoms with Crippen LogP contribution in [0.3, 0.4) is 0 Å². The molecule has 0 saturated heterocycles. The van der Waals surface area contributed by atoms with Gasteiger partial charge < -0.3 is 4.74 Å². The van der Waals surface area contributed by atoms with Crippen LogP contribution in [0.2, 0.25) is 0 Å². The molecule has 0 amide bonds. The summed E-state index contributed by atoms with van der Waals surface area (Å²) in [6, 6.07) is 0. The zero-order valence-corrected chi connectivity index (χ0v) is 17.7. The van der Waals surface area contributed by atoms with E-state index >= 15 is 0 Å². The maximum atomic E-state index is 12.3. The highest BCUT2D eigenvalue weighted by molar-refractivity contribution is 5.76. The quantitative estimate of drug-likeness (QED) is 0.515. The van der Waals surface area contributed by atoms with Gasteiger partial charge in [-0.1, -0.05) is 62.3 Å². The van der Waals surface area contributed by atoms with Gasteiger partial charge in [0, 0.05) is 0 Å². The van der Waals surface area contributed by atoms with Gasteiger partial charge in [0.15, 0.2) is 0 Å². The number of esters is 1. The Kier molecular flexibility index (Phi) is 13.8. The molecule has 2 nitrogen and oxygen atoms in total. The molecule has 3 unspecified atom stereocenters. The SMILES string of the molecule is CC.CC(C)C.CCC(C)(CC(C)C)C(=O)OC1CCC(C)C1. The molecule has 23 heavy (non-hydrogen) atoms. The predicted octanol–water partition coefficient (Wildman–Crippen LogP) is 6.87. The third-order valence-electron chi connectivity index (χ3n) is 4.05. The lowest BCUT2D eigenvalue weighted by molar-refractivity contribution is -0.161. The lowest BCUT2D eigenvalue weighted by Crippen LogP contribution is -2.33. The van der Waals surface area contributed by atoms with Crippen molar-refractivity contribution in [3.05, 3.63) is 0 Å². The molecule has 1 rings (SSSR count). The summed E-state index contributed by atoms with van der Waals surface area (Å²) in [6.45, 7) is 21.2. The fraction of sp³-hybridized carbons (Fsp3) is 0.952. The van der Waals surface area contributed by atoms with Crippen molar-refractivity contribution in [2.45, 2.75) is 107 Å². The normalized spacial score (nSPS) is 22.6. The Morgan fingerprint density at radius 2 is 1.61 bits per heavy atom. The van der Waals surface area contributed by atoms with Crippen molar-refractivity contribution >= 4 is 5.97 Å². The molecule has 0 radical (unpaired) electrons. The largest absolute Gasteiger partial charge is 0.462 e. The second kappa shape index (κ2) is 12.8. The molecular weight excluding hydrogens is 284 g/mol. The van der Waals surface area contributed by atoms with Crippen molar-refractivity contribution < 1.29 is 9.53 Å². The van der Waals surface area contributed by atoms with E-state index in [4.69, 9.17) is 4.74 Å². The second-order valence-electron chi connectivity index (χ2n) is 8.19. The van der Waals surface area contributed by atoms with E-state index in [0.29, 0.717) is 11.8 Å². The third-order valence-corrected chi connectivity index (χ3v) is 4.05. The first-order valence-corrected chi connectivity index (χ1v) is 9.81. The number of rotatable bonds is 5. The number of hydrogen-bond donors (Lipinski definition) is 0. The van der Waals surface area contributed by atoms with Crippen LogP contribution in [0, 0.1) is 23.2 Å². The Hall–Kier alpha value is -0.530. The summed E-state index contributed by atoms with van der Waals surface area (Å²) in [5, 5.41) is 0. The Morgan fingerprint density at radius 3 is 1.91 bits per heavy atom. The van der Waals surface area contributed by atoms with Crippen molar-refractivity contribution in [1.29, 1.82) is 0 Å². The van der Waals surface area contributed by atoms with E-state index in [9.17, 15) is 4.79 Å². The van der Waals surface area contributed by atoms with E-state index in [1.165, 1.54) is 6.42 Å². The van der Waals surface area contributed by atoms with E-state index in [0.717, 1.165) is 31.6 Å². The molecule has 0 aliphatic heterocycles. The second-order valence-corrected chi connectivity index (χ2v) is 8.19. The van der Waals surface area contributed by atoms with Crippen LogP contribution in [-0.4, -0.2) is 12.1 Å². The van der Waals surface area contributed by atoms with Crippen molar-refractivity contribution in [3.63, 3.8) is 0 Å². The van der Waals surface area contributed by atoms with Crippen molar-refractivity contribution in [2.24, 2.45) is 23.2 Å². The Bertz CT molecular complexity index is 293. The highest BCUT2D eigenvalue weighted by Gasteiger charge is 2.36. The van der Waals surface area contributed by atoms with Crippen LogP contribution in [0.25, 0.3) is 0 Å². The molecule has 1 saturated carbocycles. The van der Waals surface area contributed by atoms with Gasteiger partial charge in [0.1, 0.15) is 6.10 Å². The van der Waals surface area contributed by atoms with Gasteiger partial charge in [-0.05, 0) is 56.8 Å². The summed E-state index contributed by atoms with van der Waals surface area (Å²) in [4.78, 5) is 12.3. The summed E-state index contributed by atoms with van der Waals surface area (Å²) < 4.78 is 5.70. The molecule has 1 aliphatic carbocycles. The summed E-state index contributed by atoms with van der Waals surface area (Å²) in [7, 11) is 0. The first-order valence-electron chi connectivity index (χ1n) is 9.81. The molecule has 0 heterocycles. The topological polar surface area (TPSA) is 26.3 Å². The molecule has 0 aromatic heterocycles. The van der Waals surface area contributed by atoms with Crippen molar-refractivity contribution in [3.8, 4) is 0 Å². The van der Waals surface area contributed by atoms with Gasteiger partial charge >= 0.3 is 5.97 Å². The average molecular weight is 329 g/mol. The molecule has 1 fully saturated rings. The number of ether oxygens (including phenoxy) is 1. The molecular formula is C21H44O2. The van der Waals surface area contributed by atoms with Crippen molar-refractivity contribution in [1.82, 2.24) is 0 Å². The van der Waals surface area contributed by atoms with E-state index in [1.807, 2.05) is 20.8 Å². The van der Waals surface area contributed by atoms with Crippen LogP contribution in [0.15, 0.2) is 0 Å². The zero-order chi connectivity index (χ0) is 18.6. The maximum absolute atomic E-state index is 12.3. The first-order chi connectivity index (χ1) is 10.6. The first kappa shape index (κ1) is 24.7. The minimum atomic E-state index is -0.292. The van der Waals surface area contributed by atoms with E-state index < -0.39 is 0 Å². The van der Waals surface area contributed by atoms with E-state index in [1.54, 1.807) is 0 Å².